The van der Waals surface area contributed by atoms with E-state index in [0.29, 0.717) is 6.42 Å². The summed E-state index contributed by atoms with van der Waals surface area (Å²) in [7, 11) is 0. The van der Waals surface area contributed by atoms with Gasteiger partial charge in [-0.1, -0.05) is 19.0 Å². The van der Waals surface area contributed by atoms with Crippen molar-refractivity contribution < 1.29 is 10.3 Å². The summed E-state index contributed by atoms with van der Waals surface area (Å²) >= 11 is 0. The number of amidine groups is 1. The molecule has 0 aromatic rings. The Balaban J connectivity index is 3.71. The molecule has 0 aromatic heterocycles. The molecule has 0 amide bonds. The minimum atomic E-state index is -0.00336. The maximum Gasteiger partial charge on any atom is 0.139 e. The summed E-state index contributed by atoms with van der Waals surface area (Å²) in [6, 6.07) is 0. The summed E-state index contributed by atoms with van der Waals surface area (Å²) in [6.45, 7) is 6.04. The van der Waals surface area contributed by atoms with Crippen molar-refractivity contribution in [2.45, 2.75) is 39.5 Å². The van der Waals surface area contributed by atoms with Gasteiger partial charge in [0, 0.05) is 25.0 Å². The number of nitrogens with two attached hydrogens (primary N) is 1. The molecule has 0 rings (SSSR count). The van der Waals surface area contributed by atoms with Crippen LogP contribution in [0, 0.1) is 5.41 Å². The maximum atomic E-state index is 9.35. The summed E-state index contributed by atoms with van der Waals surface area (Å²) in [4.78, 5) is 0. The zero-order valence-corrected chi connectivity index (χ0v) is 10.4. The number of aliphatic hydroxyl groups is 1. The van der Waals surface area contributed by atoms with E-state index in [1.165, 1.54) is 0 Å². The third kappa shape index (κ3) is 5.32. The molecule has 0 atom stereocenters. The standard InChI is InChI=1S/C11H25N3O2/c1-3-11(4-2,9-15)8-13-7-5-6-10(12)14-16/h13,15-16H,3-9H2,1-2H3,(H2,12,14). The fourth-order valence-corrected chi connectivity index (χ4v) is 1.58. The first-order valence-electron chi connectivity index (χ1n) is 5.92. The van der Waals surface area contributed by atoms with Crippen LogP contribution in [0.25, 0.3) is 0 Å². The summed E-state index contributed by atoms with van der Waals surface area (Å²) in [6.07, 6.45) is 3.36. The van der Waals surface area contributed by atoms with Gasteiger partial charge in [-0.2, -0.15) is 0 Å². The zero-order valence-electron chi connectivity index (χ0n) is 10.4. The summed E-state index contributed by atoms with van der Waals surface area (Å²) < 4.78 is 0. The number of hydrogen-bond donors (Lipinski definition) is 4. The van der Waals surface area contributed by atoms with Crippen molar-refractivity contribution in [2.75, 3.05) is 19.7 Å². The van der Waals surface area contributed by atoms with Crippen LogP contribution >= 0.6 is 0 Å². The molecule has 96 valence electrons. The van der Waals surface area contributed by atoms with Gasteiger partial charge < -0.3 is 21.4 Å². The molecule has 0 aliphatic carbocycles. The van der Waals surface area contributed by atoms with Crippen molar-refractivity contribution in [3.8, 4) is 0 Å². The molecule has 0 unspecified atom stereocenters. The van der Waals surface area contributed by atoms with Crippen molar-refractivity contribution >= 4 is 5.84 Å². The monoisotopic (exact) mass is 231 g/mol. The Hall–Kier alpha value is -0.810. The zero-order chi connectivity index (χ0) is 12.4. The number of rotatable bonds is 9. The highest BCUT2D eigenvalue weighted by Crippen LogP contribution is 2.24. The van der Waals surface area contributed by atoms with Crippen molar-refractivity contribution in [3.05, 3.63) is 0 Å². The Kier molecular flexibility index (Phi) is 7.93. The van der Waals surface area contributed by atoms with Crippen LogP contribution < -0.4 is 11.1 Å². The van der Waals surface area contributed by atoms with E-state index in [1.54, 1.807) is 0 Å². The Morgan fingerprint density at radius 3 is 2.44 bits per heavy atom. The molecule has 0 spiro atoms. The van der Waals surface area contributed by atoms with Crippen LogP contribution in [0.2, 0.25) is 0 Å². The van der Waals surface area contributed by atoms with E-state index in [9.17, 15) is 5.11 Å². The van der Waals surface area contributed by atoms with Crippen LogP contribution in [-0.4, -0.2) is 35.8 Å². The smallest absolute Gasteiger partial charge is 0.139 e. The minimum Gasteiger partial charge on any atom is -0.409 e. The van der Waals surface area contributed by atoms with E-state index in [0.717, 1.165) is 32.4 Å². The third-order valence-corrected chi connectivity index (χ3v) is 3.25. The highest BCUT2D eigenvalue weighted by atomic mass is 16.4. The van der Waals surface area contributed by atoms with Gasteiger partial charge in [0.05, 0.1) is 0 Å². The minimum absolute atomic E-state index is 0.00336. The Morgan fingerprint density at radius 1 is 1.38 bits per heavy atom. The van der Waals surface area contributed by atoms with Crippen LogP contribution in [0.5, 0.6) is 0 Å². The average Bonchev–Trinajstić information content (AvgIpc) is 2.34. The van der Waals surface area contributed by atoms with Crippen molar-refractivity contribution in [1.82, 2.24) is 5.32 Å². The Morgan fingerprint density at radius 2 is 2.00 bits per heavy atom. The van der Waals surface area contributed by atoms with Gasteiger partial charge in [-0.05, 0) is 25.8 Å². The summed E-state index contributed by atoms with van der Waals surface area (Å²) in [5, 5.41) is 23.9. The van der Waals surface area contributed by atoms with Gasteiger partial charge in [0.2, 0.25) is 0 Å². The molecule has 0 saturated carbocycles. The Bertz CT molecular complexity index is 195. The fourth-order valence-electron chi connectivity index (χ4n) is 1.58. The molecule has 0 radical (unpaired) electrons. The normalized spacial score (nSPS) is 13.1. The molecular weight excluding hydrogens is 206 g/mol. The van der Waals surface area contributed by atoms with E-state index in [2.05, 4.69) is 24.3 Å². The molecule has 0 aliphatic rings. The summed E-state index contributed by atoms with van der Waals surface area (Å²) in [5.74, 6) is 0.265. The first-order valence-corrected chi connectivity index (χ1v) is 5.92. The van der Waals surface area contributed by atoms with E-state index in [1.807, 2.05) is 0 Å². The quantitative estimate of drug-likeness (QED) is 0.156. The molecule has 0 aromatic carbocycles. The van der Waals surface area contributed by atoms with Gasteiger partial charge in [-0.25, -0.2) is 0 Å². The van der Waals surface area contributed by atoms with Gasteiger partial charge in [0.25, 0.3) is 0 Å². The number of nitrogens with one attached hydrogen (secondary N) is 1. The second-order valence-corrected chi connectivity index (χ2v) is 4.24. The van der Waals surface area contributed by atoms with Gasteiger partial charge in [-0.3, -0.25) is 0 Å². The SMILES string of the molecule is CCC(CC)(CO)CNCCCC(N)=NO. The van der Waals surface area contributed by atoms with Crippen LogP contribution in [0.1, 0.15) is 39.5 Å². The van der Waals surface area contributed by atoms with E-state index in [-0.39, 0.29) is 17.9 Å². The first kappa shape index (κ1) is 15.2. The largest absolute Gasteiger partial charge is 0.409 e. The second-order valence-electron chi connectivity index (χ2n) is 4.24. The van der Waals surface area contributed by atoms with E-state index < -0.39 is 0 Å². The molecule has 0 aliphatic heterocycles. The van der Waals surface area contributed by atoms with Crippen LogP contribution in [0.4, 0.5) is 0 Å². The molecule has 16 heavy (non-hydrogen) atoms. The van der Waals surface area contributed by atoms with E-state index >= 15 is 0 Å². The lowest BCUT2D eigenvalue weighted by Crippen LogP contribution is -2.37. The molecule has 0 saturated heterocycles. The van der Waals surface area contributed by atoms with Gasteiger partial charge in [-0.15, -0.1) is 0 Å². The molecule has 0 fully saturated rings. The molecule has 5 heteroatoms. The third-order valence-electron chi connectivity index (χ3n) is 3.25. The predicted molar refractivity (Wildman–Crippen MR) is 65.6 cm³/mol. The molecule has 5 N–H and O–H groups in total. The number of nitrogens with zero attached hydrogens (tertiary/aromatic N) is 1. The van der Waals surface area contributed by atoms with Gasteiger partial charge in [0.1, 0.15) is 5.84 Å². The van der Waals surface area contributed by atoms with Crippen LogP contribution in [-0.2, 0) is 0 Å². The Labute approximate surface area is 97.7 Å². The number of hydrogen-bond acceptors (Lipinski definition) is 4. The molecule has 0 bridgehead atoms. The lowest BCUT2D eigenvalue weighted by atomic mass is 9.83. The van der Waals surface area contributed by atoms with E-state index in [4.69, 9.17) is 10.9 Å². The highest BCUT2D eigenvalue weighted by molar-refractivity contribution is 5.79. The molecule has 5 nitrogen and oxygen atoms in total. The first-order chi connectivity index (χ1) is 7.64. The highest BCUT2D eigenvalue weighted by Gasteiger charge is 2.24. The lowest BCUT2D eigenvalue weighted by Gasteiger charge is -2.29. The van der Waals surface area contributed by atoms with Crippen molar-refractivity contribution in [2.24, 2.45) is 16.3 Å². The van der Waals surface area contributed by atoms with Crippen LogP contribution in [0.3, 0.4) is 0 Å². The van der Waals surface area contributed by atoms with Crippen molar-refractivity contribution in [1.29, 1.82) is 0 Å². The fraction of sp³-hybridized carbons (Fsp3) is 0.909. The molecular formula is C11H25N3O2. The number of oxime groups is 1. The topological polar surface area (TPSA) is 90.9 Å². The predicted octanol–water partition coefficient (Wildman–Crippen LogP) is 0.901. The summed E-state index contributed by atoms with van der Waals surface area (Å²) in [5.41, 5.74) is 5.35. The van der Waals surface area contributed by atoms with Gasteiger partial charge >= 0.3 is 0 Å². The maximum absolute atomic E-state index is 9.35. The average molecular weight is 231 g/mol. The number of aliphatic hydroxyl groups excluding tert-OH is 1. The molecule has 0 heterocycles. The van der Waals surface area contributed by atoms with Gasteiger partial charge in [0.15, 0.2) is 0 Å². The van der Waals surface area contributed by atoms with Crippen molar-refractivity contribution in [3.63, 3.8) is 0 Å². The van der Waals surface area contributed by atoms with Crippen LogP contribution in [0.15, 0.2) is 5.16 Å². The second kappa shape index (κ2) is 8.35. The lowest BCUT2D eigenvalue weighted by molar-refractivity contribution is 0.113.